The van der Waals surface area contributed by atoms with Crippen molar-refractivity contribution in [1.82, 2.24) is 0 Å². The second-order valence-corrected chi connectivity index (χ2v) is 10.4. The molecule has 160 valence electrons. The van der Waals surface area contributed by atoms with Crippen LogP contribution in [0.4, 0.5) is 0 Å². The minimum Gasteiger partial charge on any atom is -0.390 e. The molecule has 0 aromatic rings. The summed E-state index contributed by atoms with van der Waals surface area (Å²) in [5, 5.41) is 32.6. The molecule has 4 aliphatic carbocycles. The number of aliphatic hydroxyl groups is 3. The lowest BCUT2D eigenvalue weighted by Crippen LogP contribution is -2.57. The minimum absolute atomic E-state index is 0.0458. The topological polar surface area (TPSA) is 79.2 Å². The molecule has 0 spiro atoms. The SMILES string of the molecule is COC[C@H](O)[C@H]1CC[C@H]2[C@@H]3[C@@H](O)C=C4C[C@@H](OC)[C@H](O)C[C@]4(C)[C@H]3CC[C@]12C. The summed E-state index contributed by atoms with van der Waals surface area (Å²) in [5.41, 5.74) is 1.25. The third-order valence-electron chi connectivity index (χ3n) is 9.31. The van der Waals surface area contributed by atoms with Crippen LogP contribution in [0, 0.1) is 34.5 Å². The summed E-state index contributed by atoms with van der Waals surface area (Å²) in [6.45, 7) is 5.01. The van der Waals surface area contributed by atoms with Gasteiger partial charge in [0.1, 0.15) is 0 Å². The number of hydrogen-bond acceptors (Lipinski definition) is 5. The smallest absolute Gasteiger partial charge is 0.0867 e. The molecule has 3 fully saturated rings. The molecule has 0 aromatic carbocycles. The summed E-state index contributed by atoms with van der Waals surface area (Å²) in [5.74, 6) is 1.23. The third kappa shape index (κ3) is 2.92. The van der Waals surface area contributed by atoms with Crippen molar-refractivity contribution in [2.75, 3.05) is 20.8 Å². The van der Waals surface area contributed by atoms with Gasteiger partial charge in [-0.3, -0.25) is 0 Å². The highest BCUT2D eigenvalue weighted by molar-refractivity contribution is 5.29. The molecule has 0 unspecified atom stereocenters. The first-order valence-electron chi connectivity index (χ1n) is 11.0. The number of hydrogen-bond donors (Lipinski definition) is 3. The maximum Gasteiger partial charge on any atom is 0.0867 e. The highest BCUT2D eigenvalue weighted by Crippen LogP contribution is 2.66. The molecule has 0 aromatic heterocycles. The molecule has 0 bridgehead atoms. The van der Waals surface area contributed by atoms with Crippen molar-refractivity contribution >= 4 is 0 Å². The van der Waals surface area contributed by atoms with Crippen LogP contribution in [-0.4, -0.2) is 60.6 Å². The van der Waals surface area contributed by atoms with Crippen LogP contribution in [0.1, 0.15) is 52.4 Å². The lowest BCUT2D eigenvalue weighted by Gasteiger charge is -2.60. The molecule has 0 heterocycles. The summed E-state index contributed by atoms with van der Waals surface area (Å²) >= 11 is 0. The van der Waals surface area contributed by atoms with Gasteiger partial charge in [-0.25, -0.2) is 0 Å². The van der Waals surface area contributed by atoms with Crippen molar-refractivity contribution in [2.45, 2.75) is 76.8 Å². The maximum absolute atomic E-state index is 11.2. The quantitative estimate of drug-likeness (QED) is 0.639. The molecule has 0 radical (unpaired) electrons. The third-order valence-corrected chi connectivity index (χ3v) is 9.31. The van der Waals surface area contributed by atoms with Gasteiger partial charge in [0.15, 0.2) is 0 Å². The monoisotopic (exact) mass is 394 g/mol. The van der Waals surface area contributed by atoms with Crippen LogP contribution < -0.4 is 0 Å². The number of rotatable bonds is 4. The Morgan fingerprint density at radius 1 is 1.14 bits per heavy atom. The van der Waals surface area contributed by atoms with Crippen molar-refractivity contribution in [1.29, 1.82) is 0 Å². The highest BCUT2D eigenvalue weighted by Gasteiger charge is 2.62. The van der Waals surface area contributed by atoms with Crippen LogP contribution in [0.15, 0.2) is 11.6 Å². The van der Waals surface area contributed by atoms with Crippen LogP contribution in [0.5, 0.6) is 0 Å². The fourth-order valence-electron chi connectivity index (χ4n) is 7.86. The van der Waals surface area contributed by atoms with Crippen molar-refractivity contribution in [2.24, 2.45) is 34.5 Å². The zero-order chi connectivity index (χ0) is 20.3. The summed E-state index contributed by atoms with van der Waals surface area (Å²) in [6.07, 6.45) is 6.20. The fourth-order valence-corrected chi connectivity index (χ4v) is 7.86. The number of aliphatic hydroxyl groups excluding tert-OH is 3. The van der Waals surface area contributed by atoms with Gasteiger partial charge >= 0.3 is 0 Å². The predicted octanol–water partition coefficient (Wildman–Crippen LogP) is 2.53. The van der Waals surface area contributed by atoms with E-state index in [4.69, 9.17) is 9.47 Å². The van der Waals surface area contributed by atoms with Crippen molar-refractivity contribution in [3.63, 3.8) is 0 Å². The van der Waals surface area contributed by atoms with Crippen LogP contribution in [0.3, 0.4) is 0 Å². The second-order valence-electron chi connectivity index (χ2n) is 10.4. The normalized spacial score (nSPS) is 51.7. The number of ether oxygens (including phenoxy) is 2. The van der Waals surface area contributed by atoms with Gasteiger partial charge in [0.25, 0.3) is 0 Å². The first-order valence-corrected chi connectivity index (χ1v) is 11.0. The van der Waals surface area contributed by atoms with Crippen LogP contribution in [-0.2, 0) is 9.47 Å². The molecule has 3 saturated carbocycles. The van der Waals surface area contributed by atoms with Gasteiger partial charge in [-0.05, 0) is 73.0 Å². The Morgan fingerprint density at radius 3 is 2.57 bits per heavy atom. The van der Waals surface area contributed by atoms with Gasteiger partial charge in [0.05, 0.1) is 31.0 Å². The predicted molar refractivity (Wildman–Crippen MR) is 107 cm³/mol. The van der Waals surface area contributed by atoms with E-state index in [1.807, 2.05) is 0 Å². The van der Waals surface area contributed by atoms with Crippen molar-refractivity contribution < 1.29 is 24.8 Å². The van der Waals surface area contributed by atoms with Crippen LogP contribution in [0.2, 0.25) is 0 Å². The molecule has 4 rings (SSSR count). The largest absolute Gasteiger partial charge is 0.390 e. The van der Waals surface area contributed by atoms with Gasteiger partial charge in [0, 0.05) is 14.2 Å². The van der Waals surface area contributed by atoms with Crippen molar-refractivity contribution in [3.05, 3.63) is 11.6 Å². The van der Waals surface area contributed by atoms with E-state index in [1.165, 1.54) is 5.57 Å². The molecule has 5 nitrogen and oxygen atoms in total. The zero-order valence-electron chi connectivity index (χ0n) is 17.8. The summed E-state index contributed by atoms with van der Waals surface area (Å²) in [6, 6.07) is 0. The summed E-state index contributed by atoms with van der Waals surface area (Å²) in [4.78, 5) is 0. The molecule has 5 heteroatoms. The van der Waals surface area contributed by atoms with Crippen LogP contribution >= 0.6 is 0 Å². The molecule has 0 saturated heterocycles. The van der Waals surface area contributed by atoms with Gasteiger partial charge in [0.2, 0.25) is 0 Å². The first-order chi connectivity index (χ1) is 13.3. The Morgan fingerprint density at radius 2 is 1.89 bits per heavy atom. The molecule has 0 amide bonds. The Bertz CT molecular complexity index is 620. The molecule has 10 atom stereocenters. The lowest BCUT2D eigenvalue weighted by atomic mass is 9.46. The second kappa shape index (κ2) is 7.35. The maximum atomic E-state index is 11.2. The number of fused-ring (bicyclic) bond motifs is 5. The lowest BCUT2D eigenvalue weighted by molar-refractivity contribution is -0.128. The molecular weight excluding hydrogens is 356 g/mol. The van der Waals surface area contributed by atoms with E-state index >= 15 is 0 Å². The van der Waals surface area contributed by atoms with Gasteiger partial charge in [-0.2, -0.15) is 0 Å². The highest BCUT2D eigenvalue weighted by atomic mass is 16.5. The van der Waals surface area contributed by atoms with E-state index in [9.17, 15) is 15.3 Å². The average Bonchev–Trinajstić information content (AvgIpc) is 2.99. The Balaban J connectivity index is 1.65. The van der Waals surface area contributed by atoms with Crippen LogP contribution in [0.25, 0.3) is 0 Å². The Kier molecular flexibility index (Phi) is 5.46. The number of methoxy groups -OCH3 is 2. The van der Waals surface area contributed by atoms with E-state index in [1.54, 1.807) is 14.2 Å². The standard InChI is InChI=1S/C23H38O5/c1-22-8-7-16-21(15(22)6-5-14(22)19(26)12-27-3)17(24)9-13-10-20(28-4)18(25)11-23(13,16)2/h9,14-21,24-26H,5-8,10-12H2,1-4H3/t14-,15+,16+,17+,18-,19+,20-,21+,22-,23+/m1/s1. The van der Waals surface area contributed by atoms with E-state index < -0.39 is 18.3 Å². The first kappa shape index (κ1) is 20.8. The van der Waals surface area contributed by atoms with E-state index in [-0.39, 0.29) is 28.8 Å². The average molecular weight is 395 g/mol. The van der Waals surface area contributed by atoms with Gasteiger partial charge < -0.3 is 24.8 Å². The molecule has 4 aliphatic rings. The summed E-state index contributed by atoms with van der Waals surface area (Å²) in [7, 11) is 3.31. The Hall–Kier alpha value is -0.460. The van der Waals surface area contributed by atoms with Crippen molar-refractivity contribution in [3.8, 4) is 0 Å². The van der Waals surface area contributed by atoms with E-state index in [2.05, 4.69) is 19.9 Å². The van der Waals surface area contributed by atoms with E-state index in [0.29, 0.717) is 31.3 Å². The van der Waals surface area contributed by atoms with E-state index in [0.717, 1.165) is 25.7 Å². The molecular formula is C23H38O5. The molecule has 0 aliphatic heterocycles. The minimum atomic E-state index is -0.448. The molecule has 28 heavy (non-hydrogen) atoms. The Labute approximate surface area is 169 Å². The van der Waals surface area contributed by atoms with Gasteiger partial charge in [-0.1, -0.05) is 25.5 Å². The summed E-state index contributed by atoms with van der Waals surface area (Å²) < 4.78 is 10.7. The zero-order valence-corrected chi connectivity index (χ0v) is 17.8. The molecule has 3 N–H and O–H groups in total. The van der Waals surface area contributed by atoms with Gasteiger partial charge in [-0.15, -0.1) is 0 Å². The fraction of sp³-hybridized carbons (Fsp3) is 0.913.